The molecule has 0 bridgehead atoms. The number of benzene rings is 3. The van der Waals surface area contributed by atoms with Crippen LogP contribution < -0.4 is 10.6 Å². The van der Waals surface area contributed by atoms with Crippen molar-refractivity contribution in [2.45, 2.75) is 6.18 Å². The monoisotopic (exact) mass is 491 g/mol. The summed E-state index contributed by atoms with van der Waals surface area (Å²) < 4.78 is 46.9. The molecule has 3 aromatic carbocycles. The van der Waals surface area contributed by atoms with E-state index in [1.54, 1.807) is 78.9 Å². The molecule has 6 nitrogen and oxygen atoms in total. The third-order valence-electron chi connectivity index (χ3n) is 5.05. The highest BCUT2D eigenvalue weighted by molar-refractivity contribution is 5.99. The number of hydrogen-bond donors (Lipinski definition) is 2. The first-order valence-corrected chi connectivity index (χ1v) is 10.9. The molecule has 0 radical (unpaired) electrons. The van der Waals surface area contributed by atoms with Gasteiger partial charge in [-0.25, -0.2) is 4.98 Å². The van der Waals surface area contributed by atoms with Gasteiger partial charge in [0.15, 0.2) is 0 Å². The number of oxazole rings is 1. The first-order chi connectivity index (χ1) is 17.3. The van der Waals surface area contributed by atoms with Crippen molar-refractivity contribution in [1.82, 2.24) is 15.6 Å². The van der Waals surface area contributed by atoms with Gasteiger partial charge in [-0.15, -0.1) is 0 Å². The molecular weight excluding hydrogens is 471 g/mol. The molecule has 1 aromatic heterocycles. The molecule has 0 aliphatic heterocycles. The van der Waals surface area contributed by atoms with Crippen LogP contribution in [0.1, 0.15) is 32.2 Å². The minimum atomic E-state index is -4.89. The van der Waals surface area contributed by atoms with Crippen LogP contribution in [-0.2, 0) is 6.18 Å². The summed E-state index contributed by atoms with van der Waals surface area (Å²) >= 11 is 0. The number of carbonyl (C=O) groups excluding carboxylic acids is 2. The predicted octanol–water partition coefficient (Wildman–Crippen LogP) is 5.56. The molecule has 0 unspecified atom stereocenters. The maximum Gasteiger partial charge on any atom is 0.451 e. The number of rotatable bonds is 7. The van der Waals surface area contributed by atoms with E-state index >= 15 is 0 Å². The summed E-state index contributed by atoms with van der Waals surface area (Å²) in [5, 5.41) is 5.09. The Morgan fingerprint density at radius 2 is 1.33 bits per heavy atom. The van der Waals surface area contributed by atoms with Crippen LogP contribution in [-0.4, -0.2) is 23.3 Å². The number of nitrogens with one attached hydrogen (secondary N) is 2. The van der Waals surface area contributed by atoms with Crippen molar-refractivity contribution < 1.29 is 27.2 Å². The summed E-state index contributed by atoms with van der Waals surface area (Å²) in [6.45, 7) is -0.178. The van der Waals surface area contributed by atoms with Crippen LogP contribution in [0.2, 0.25) is 0 Å². The van der Waals surface area contributed by atoms with Gasteiger partial charge >= 0.3 is 6.18 Å². The molecule has 36 heavy (non-hydrogen) atoms. The van der Waals surface area contributed by atoms with Crippen LogP contribution in [0.25, 0.3) is 17.2 Å². The Morgan fingerprint density at radius 1 is 0.806 bits per heavy atom. The topological polar surface area (TPSA) is 84.2 Å². The maximum atomic E-state index is 13.9. The minimum absolute atomic E-state index is 0.178. The zero-order valence-electron chi connectivity index (χ0n) is 18.8. The molecule has 1 heterocycles. The molecule has 2 amide bonds. The molecule has 182 valence electrons. The summed E-state index contributed by atoms with van der Waals surface area (Å²) in [6.07, 6.45) is -3.64. The smallest absolute Gasteiger partial charge is 0.431 e. The highest BCUT2D eigenvalue weighted by Gasteiger charge is 2.41. The third-order valence-corrected chi connectivity index (χ3v) is 5.05. The molecule has 0 atom stereocenters. The van der Waals surface area contributed by atoms with Crippen LogP contribution in [0.3, 0.4) is 0 Å². The van der Waals surface area contributed by atoms with Gasteiger partial charge in [-0.2, -0.15) is 13.2 Å². The molecule has 0 fully saturated rings. The first kappa shape index (κ1) is 24.5. The number of halogens is 3. The van der Waals surface area contributed by atoms with E-state index in [-0.39, 0.29) is 23.7 Å². The number of alkyl halides is 3. The molecular formula is C27H20F3N3O3. The SMILES string of the molecule is O=C(NC/C=C(\NC(=O)c1ccccc1)c1nc(-c2ccccc2)oc1C(F)(F)F)c1ccccc1. The standard InChI is InChI=1S/C27H20F3N3O3/c28-27(29,30)23-22(33-26(36-23)20-14-8-3-9-15-20)21(32-25(35)19-12-6-2-7-13-19)16-17-31-24(34)18-10-4-1-5-11-18/h1-16H,17H2,(H,31,34)(H,32,35)/b21-16-. The van der Waals surface area contributed by atoms with Crippen molar-refractivity contribution in [2.75, 3.05) is 6.54 Å². The fourth-order valence-corrected chi connectivity index (χ4v) is 3.33. The van der Waals surface area contributed by atoms with Gasteiger partial charge in [-0.05, 0) is 42.5 Å². The van der Waals surface area contributed by atoms with Crippen molar-refractivity contribution >= 4 is 17.5 Å². The second-order valence-electron chi connectivity index (χ2n) is 7.57. The van der Waals surface area contributed by atoms with E-state index in [1.807, 2.05) is 0 Å². The predicted molar refractivity (Wildman–Crippen MR) is 128 cm³/mol. The quantitative estimate of drug-likeness (QED) is 0.355. The van der Waals surface area contributed by atoms with Gasteiger partial charge in [0.2, 0.25) is 11.7 Å². The Labute approximate surface area is 204 Å². The zero-order valence-corrected chi connectivity index (χ0v) is 18.8. The Morgan fingerprint density at radius 3 is 1.89 bits per heavy atom. The van der Waals surface area contributed by atoms with Crippen molar-refractivity contribution in [3.8, 4) is 11.5 Å². The second-order valence-corrected chi connectivity index (χ2v) is 7.57. The van der Waals surface area contributed by atoms with Crippen LogP contribution in [0.4, 0.5) is 13.2 Å². The number of nitrogens with zero attached hydrogens (tertiary/aromatic N) is 1. The zero-order chi connectivity index (χ0) is 25.5. The molecule has 4 rings (SSSR count). The number of aromatic nitrogens is 1. The van der Waals surface area contributed by atoms with Crippen LogP contribution in [0, 0.1) is 0 Å². The Kier molecular flexibility index (Phi) is 7.29. The van der Waals surface area contributed by atoms with E-state index in [1.165, 1.54) is 18.2 Å². The fraction of sp³-hybridized carbons (Fsp3) is 0.0741. The van der Waals surface area contributed by atoms with Crippen LogP contribution in [0.15, 0.2) is 101 Å². The molecule has 0 aliphatic rings. The molecule has 0 aliphatic carbocycles. The summed E-state index contributed by atoms with van der Waals surface area (Å²) in [6, 6.07) is 24.4. The Balaban J connectivity index is 1.70. The van der Waals surface area contributed by atoms with Crippen molar-refractivity contribution in [3.63, 3.8) is 0 Å². The fourth-order valence-electron chi connectivity index (χ4n) is 3.33. The van der Waals surface area contributed by atoms with Crippen molar-refractivity contribution in [1.29, 1.82) is 0 Å². The number of carbonyl (C=O) groups is 2. The maximum absolute atomic E-state index is 13.9. The van der Waals surface area contributed by atoms with Crippen LogP contribution >= 0.6 is 0 Å². The van der Waals surface area contributed by atoms with Crippen molar-refractivity contribution in [3.05, 3.63) is 120 Å². The van der Waals surface area contributed by atoms with Crippen LogP contribution in [0.5, 0.6) is 0 Å². The summed E-state index contributed by atoms with van der Waals surface area (Å²) in [5.41, 5.74) is 0.0945. The average Bonchev–Trinajstić information content (AvgIpc) is 3.36. The largest absolute Gasteiger partial charge is 0.451 e. The van der Waals surface area contributed by atoms with E-state index in [9.17, 15) is 22.8 Å². The third kappa shape index (κ3) is 5.87. The highest BCUT2D eigenvalue weighted by Crippen LogP contribution is 2.37. The lowest BCUT2D eigenvalue weighted by Gasteiger charge is -2.11. The van der Waals surface area contributed by atoms with E-state index in [2.05, 4.69) is 15.6 Å². The van der Waals surface area contributed by atoms with Crippen molar-refractivity contribution in [2.24, 2.45) is 0 Å². The summed E-state index contributed by atoms with van der Waals surface area (Å²) in [7, 11) is 0. The van der Waals surface area contributed by atoms with Gasteiger partial charge in [-0.1, -0.05) is 54.6 Å². The molecule has 0 saturated carbocycles. The molecule has 4 aromatic rings. The van der Waals surface area contributed by atoms with E-state index in [4.69, 9.17) is 4.42 Å². The molecule has 9 heteroatoms. The van der Waals surface area contributed by atoms with Gasteiger partial charge in [-0.3, -0.25) is 9.59 Å². The second kappa shape index (κ2) is 10.7. The van der Waals surface area contributed by atoms with Gasteiger partial charge < -0.3 is 15.1 Å². The summed E-state index contributed by atoms with van der Waals surface area (Å²) in [4.78, 5) is 29.3. The van der Waals surface area contributed by atoms with E-state index < -0.39 is 29.4 Å². The Hall–Kier alpha value is -4.66. The average molecular weight is 491 g/mol. The number of hydrogen-bond acceptors (Lipinski definition) is 4. The molecule has 0 spiro atoms. The minimum Gasteiger partial charge on any atom is -0.431 e. The van der Waals surface area contributed by atoms with Gasteiger partial charge in [0, 0.05) is 23.2 Å². The molecule has 2 N–H and O–H groups in total. The lowest BCUT2D eigenvalue weighted by molar-refractivity contribution is -0.152. The highest BCUT2D eigenvalue weighted by atomic mass is 19.4. The Bertz CT molecular complexity index is 1370. The first-order valence-electron chi connectivity index (χ1n) is 10.9. The lowest BCUT2D eigenvalue weighted by Crippen LogP contribution is -2.27. The van der Waals surface area contributed by atoms with E-state index in [0.717, 1.165) is 0 Å². The lowest BCUT2D eigenvalue weighted by atomic mass is 10.1. The molecule has 0 saturated heterocycles. The van der Waals surface area contributed by atoms with Gasteiger partial charge in [0.25, 0.3) is 11.8 Å². The van der Waals surface area contributed by atoms with Gasteiger partial charge in [0.1, 0.15) is 5.69 Å². The number of amides is 2. The van der Waals surface area contributed by atoms with E-state index in [0.29, 0.717) is 11.1 Å². The summed E-state index contributed by atoms with van der Waals surface area (Å²) in [5.74, 6) is -2.70. The van der Waals surface area contributed by atoms with Gasteiger partial charge in [0.05, 0.1) is 5.70 Å². The normalized spacial score (nSPS) is 11.7.